The normalized spacial score (nSPS) is 17.8. The van der Waals surface area contributed by atoms with Crippen molar-refractivity contribution in [3.63, 3.8) is 0 Å². The second kappa shape index (κ2) is 8.37. The zero-order valence-corrected chi connectivity index (χ0v) is 19.0. The first-order chi connectivity index (χ1) is 15.3. The van der Waals surface area contributed by atoms with Gasteiger partial charge in [-0.2, -0.15) is 0 Å². The van der Waals surface area contributed by atoms with Crippen LogP contribution in [0, 0.1) is 13.8 Å². The second-order valence-corrected chi connectivity index (χ2v) is 8.22. The summed E-state index contributed by atoms with van der Waals surface area (Å²) in [4.78, 5) is 27.8. The van der Waals surface area contributed by atoms with E-state index in [2.05, 4.69) is 0 Å². The molecule has 32 heavy (non-hydrogen) atoms. The Kier molecular flexibility index (Phi) is 5.75. The molecular weight excluding hydrogens is 453 g/mol. The number of furan rings is 1. The summed E-state index contributed by atoms with van der Waals surface area (Å²) >= 11 is 12.4. The van der Waals surface area contributed by atoms with Crippen molar-refractivity contribution >= 4 is 46.3 Å². The molecule has 1 aliphatic rings. The average Bonchev–Trinajstić information content (AvgIpc) is 3.36. The van der Waals surface area contributed by atoms with Crippen LogP contribution in [0.5, 0.6) is 5.75 Å². The summed E-state index contributed by atoms with van der Waals surface area (Å²) < 4.78 is 10.9. The molecule has 0 aliphatic carbocycles. The molecule has 6 nitrogen and oxygen atoms in total. The number of ether oxygens (including phenoxy) is 1. The maximum absolute atomic E-state index is 13.2. The molecule has 8 heteroatoms. The molecule has 1 atom stereocenters. The summed E-state index contributed by atoms with van der Waals surface area (Å²) in [5.74, 6) is -1.65. The number of aryl methyl sites for hydroxylation is 1. The first kappa shape index (κ1) is 22.0. The van der Waals surface area contributed by atoms with Gasteiger partial charge in [-0.3, -0.25) is 14.5 Å². The number of hydrogen-bond acceptors (Lipinski definition) is 5. The molecule has 1 amide bonds. The van der Waals surface area contributed by atoms with E-state index in [0.29, 0.717) is 11.4 Å². The summed E-state index contributed by atoms with van der Waals surface area (Å²) in [5, 5.41) is 11.7. The summed E-state index contributed by atoms with van der Waals surface area (Å²) in [6, 6.07) is 10.6. The molecule has 1 saturated heterocycles. The molecule has 1 N–H and O–H groups in total. The van der Waals surface area contributed by atoms with Crippen molar-refractivity contribution in [2.45, 2.75) is 19.9 Å². The molecule has 1 aromatic heterocycles. The number of benzene rings is 2. The van der Waals surface area contributed by atoms with Crippen LogP contribution in [0.1, 0.15) is 28.5 Å². The zero-order chi connectivity index (χ0) is 23.2. The third kappa shape index (κ3) is 3.45. The minimum absolute atomic E-state index is 0.0977. The number of amides is 1. The Balaban J connectivity index is 2.01. The fraction of sp³-hybridized carbons (Fsp3) is 0.167. The maximum atomic E-state index is 13.2. The molecule has 1 fully saturated rings. The number of methoxy groups -OCH3 is 1. The third-order valence-corrected chi connectivity index (χ3v) is 6.06. The Bertz CT molecular complexity index is 1260. The zero-order valence-electron chi connectivity index (χ0n) is 17.5. The minimum atomic E-state index is -0.993. The lowest BCUT2D eigenvalue weighted by atomic mass is 9.98. The number of carbonyl (C=O) groups excluding carboxylic acids is 2. The molecule has 3 aromatic rings. The van der Waals surface area contributed by atoms with Gasteiger partial charge in [0.1, 0.15) is 23.3 Å². The molecule has 0 radical (unpaired) electrons. The van der Waals surface area contributed by atoms with Crippen molar-refractivity contribution in [2.75, 3.05) is 12.0 Å². The number of nitrogens with zero attached hydrogens (tertiary/aromatic N) is 1. The average molecular weight is 472 g/mol. The van der Waals surface area contributed by atoms with Crippen LogP contribution in [0.2, 0.25) is 10.0 Å². The molecule has 0 bridgehead atoms. The van der Waals surface area contributed by atoms with E-state index in [-0.39, 0.29) is 26.9 Å². The molecule has 1 unspecified atom stereocenters. The van der Waals surface area contributed by atoms with E-state index in [0.717, 1.165) is 11.1 Å². The Morgan fingerprint density at radius 1 is 1.12 bits per heavy atom. The van der Waals surface area contributed by atoms with Gasteiger partial charge >= 0.3 is 0 Å². The van der Waals surface area contributed by atoms with Crippen molar-refractivity contribution in [1.29, 1.82) is 0 Å². The fourth-order valence-electron chi connectivity index (χ4n) is 3.88. The van der Waals surface area contributed by atoms with E-state index in [4.69, 9.17) is 32.4 Å². The SMILES string of the molecule is COc1c(Cl)cc(Cl)cc1/C(O)=C1/C(=O)C(=O)N(c2cccc(C)c2C)C1c1ccco1. The highest BCUT2D eigenvalue weighted by Gasteiger charge is 2.49. The van der Waals surface area contributed by atoms with Gasteiger partial charge in [0, 0.05) is 10.7 Å². The first-order valence-corrected chi connectivity index (χ1v) is 10.5. The Labute approximate surface area is 194 Å². The van der Waals surface area contributed by atoms with Crippen LogP contribution < -0.4 is 9.64 Å². The lowest BCUT2D eigenvalue weighted by molar-refractivity contribution is -0.132. The highest BCUT2D eigenvalue weighted by atomic mass is 35.5. The van der Waals surface area contributed by atoms with Crippen LogP contribution in [-0.2, 0) is 9.59 Å². The van der Waals surface area contributed by atoms with Crippen molar-refractivity contribution in [3.8, 4) is 5.75 Å². The summed E-state index contributed by atoms with van der Waals surface area (Å²) in [6.07, 6.45) is 1.44. The van der Waals surface area contributed by atoms with Crippen molar-refractivity contribution < 1.29 is 23.8 Å². The molecule has 1 aliphatic heterocycles. The van der Waals surface area contributed by atoms with Crippen LogP contribution in [-0.4, -0.2) is 23.9 Å². The number of ketones is 1. The third-order valence-electron chi connectivity index (χ3n) is 5.56. The standard InChI is InChI=1S/C24H19Cl2NO5/c1-12-6-4-7-17(13(12)2)27-20(18-8-5-9-32-18)19(22(29)24(27)30)21(28)15-10-14(25)11-16(26)23(15)31-3/h4-11,20,28H,1-3H3/b21-19-. The van der Waals surface area contributed by atoms with Crippen molar-refractivity contribution in [1.82, 2.24) is 0 Å². The molecule has 2 aromatic carbocycles. The molecule has 0 saturated carbocycles. The largest absolute Gasteiger partial charge is 0.507 e. The summed E-state index contributed by atoms with van der Waals surface area (Å²) in [5.41, 5.74) is 2.27. The maximum Gasteiger partial charge on any atom is 0.300 e. The Hall–Kier alpha value is -3.22. The van der Waals surface area contributed by atoms with Crippen LogP contribution in [0.4, 0.5) is 5.69 Å². The van der Waals surface area contributed by atoms with Crippen molar-refractivity contribution in [3.05, 3.63) is 86.8 Å². The van der Waals surface area contributed by atoms with E-state index < -0.39 is 23.5 Å². The van der Waals surface area contributed by atoms with E-state index >= 15 is 0 Å². The molecular formula is C24H19Cl2NO5. The van der Waals surface area contributed by atoms with Gasteiger partial charge in [0.15, 0.2) is 0 Å². The predicted octanol–water partition coefficient (Wildman–Crippen LogP) is 5.84. The number of rotatable bonds is 4. The van der Waals surface area contributed by atoms with Crippen LogP contribution >= 0.6 is 23.2 Å². The minimum Gasteiger partial charge on any atom is -0.507 e. The van der Waals surface area contributed by atoms with Crippen LogP contribution in [0.15, 0.2) is 58.7 Å². The number of anilines is 1. The number of aliphatic hydroxyl groups excluding tert-OH is 1. The molecule has 0 spiro atoms. The molecule has 2 heterocycles. The number of hydrogen-bond donors (Lipinski definition) is 1. The summed E-state index contributed by atoms with van der Waals surface area (Å²) in [6.45, 7) is 3.78. The smallest absolute Gasteiger partial charge is 0.300 e. The van der Waals surface area contributed by atoms with E-state index in [1.54, 1.807) is 24.3 Å². The molecule has 4 rings (SSSR count). The highest BCUT2D eigenvalue weighted by Crippen LogP contribution is 2.45. The highest BCUT2D eigenvalue weighted by molar-refractivity contribution is 6.52. The lowest BCUT2D eigenvalue weighted by Gasteiger charge is -2.25. The number of halogens is 2. The lowest BCUT2D eigenvalue weighted by Crippen LogP contribution is -2.30. The van der Waals surface area contributed by atoms with Gasteiger partial charge in [-0.05, 0) is 55.3 Å². The Morgan fingerprint density at radius 2 is 1.88 bits per heavy atom. The van der Waals surface area contributed by atoms with Gasteiger partial charge in [-0.25, -0.2) is 0 Å². The number of carbonyl (C=O) groups is 2. The first-order valence-electron chi connectivity index (χ1n) is 9.70. The quantitative estimate of drug-likeness (QED) is 0.293. The van der Waals surface area contributed by atoms with Crippen LogP contribution in [0.3, 0.4) is 0 Å². The Morgan fingerprint density at radius 3 is 2.53 bits per heavy atom. The summed E-state index contributed by atoms with van der Waals surface area (Å²) in [7, 11) is 1.38. The number of Topliss-reactive ketones (excluding diaryl/α,β-unsaturated/α-hetero) is 1. The van der Waals surface area contributed by atoms with E-state index in [1.807, 2.05) is 19.9 Å². The van der Waals surface area contributed by atoms with Crippen LogP contribution in [0.25, 0.3) is 5.76 Å². The van der Waals surface area contributed by atoms with Gasteiger partial charge in [0.2, 0.25) is 0 Å². The monoisotopic (exact) mass is 471 g/mol. The predicted molar refractivity (Wildman–Crippen MR) is 122 cm³/mol. The van der Waals surface area contributed by atoms with Gasteiger partial charge in [-0.15, -0.1) is 0 Å². The van der Waals surface area contributed by atoms with Gasteiger partial charge < -0.3 is 14.3 Å². The second-order valence-electron chi connectivity index (χ2n) is 7.37. The van der Waals surface area contributed by atoms with Crippen molar-refractivity contribution in [2.24, 2.45) is 0 Å². The fourth-order valence-corrected chi connectivity index (χ4v) is 4.45. The van der Waals surface area contributed by atoms with E-state index in [9.17, 15) is 14.7 Å². The van der Waals surface area contributed by atoms with E-state index in [1.165, 1.54) is 30.4 Å². The van der Waals surface area contributed by atoms with Gasteiger partial charge in [0.25, 0.3) is 11.7 Å². The number of aliphatic hydroxyl groups is 1. The topological polar surface area (TPSA) is 80.0 Å². The van der Waals surface area contributed by atoms with Gasteiger partial charge in [-0.1, -0.05) is 35.3 Å². The van der Waals surface area contributed by atoms with Gasteiger partial charge in [0.05, 0.1) is 29.5 Å². The molecule has 164 valence electrons.